The third kappa shape index (κ3) is 4.39. The van der Waals surface area contributed by atoms with Gasteiger partial charge in [0.2, 0.25) is 17.7 Å². The number of nitrogens with zero attached hydrogens (tertiary/aromatic N) is 1. The number of carbonyl (C=O) groups excluding carboxylic acids is 5. The highest BCUT2D eigenvalue weighted by atomic mass is 16.6. The molecule has 10 nitrogen and oxygen atoms in total. The zero-order valence-corrected chi connectivity index (χ0v) is 18.3. The monoisotopic (exact) mass is 445 g/mol. The normalized spacial score (nSPS) is 30.0. The molecular weight excluding hydrogens is 418 g/mol. The molecule has 2 saturated heterocycles. The van der Waals surface area contributed by atoms with Crippen molar-refractivity contribution in [3.8, 4) is 0 Å². The molecule has 1 saturated carbocycles. The number of carbonyl (C=O) groups is 5. The molecular formula is C22H27N3O7. The summed E-state index contributed by atoms with van der Waals surface area (Å²) in [7, 11) is 0. The number of likely N-dealkylation sites (tertiary alicyclic amines) is 1. The van der Waals surface area contributed by atoms with Gasteiger partial charge in [-0.3, -0.25) is 29.4 Å². The van der Waals surface area contributed by atoms with Crippen LogP contribution in [0.25, 0.3) is 0 Å². The summed E-state index contributed by atoms with van der Waals surface area (Å²) in [5, 5.41) is 4.99. The Labute approximate surface area is 185 Å². The third-order valence-electron chi connectivity index (χ3n) is 5.89. The SMILES string of the molecule is CC(C)(C)OC(=O)NC1CC(OC2=CC=C3C(=O)N(C4CCC(=O)NC4=O)C(=O)C3C2)C1. The van der Waals surface area contributed by atoms with Gasteiger partial charge in [-0.2, -0.15) is 0 Å². The first-order valence-electron chi connectivity index (χ1n) is 10.8. The van der Waals surface area contributed by atoms with Crippen molar-refractivity contribution in [2.45, 2.75) is 76.7 Å². The molecule has 3 fully saturated rings. The van der Waals surface area contributed by atoms with Gasteiger partial charge in [0.1, 0.15) is 17.7 Å². The van der Waals surface area contributed by atoms with E-state index < -0.39 is 47.3 Å². The van der Waals surface area contributed by atoms with Crippen molar-refractivity contribution >= 4 is 29.7 Å². The summed E-state index contributed by atoms with van der Waals surface area (Å²) in [6.45, 7) is 5.40. The lowest BCUT2D eigenvalue weighted by Gasteiger charge is -2.37. The number of allylic oxidation sites excluding steroid dienone is 3. The molecule has 2 aliphatic heterocycles. The summed E-state index contributed by atoms with van der Waals surface area (Å²) >= 11 is 0. The fraction of sp³-hybridized carbons (Fsp3) is 0.591. The van der Waals surface area contributed by atoms with Crippen LogP contribution in [0.4, 0.5) is 4.79 Å². The molecule has 5 amide bonds. The minimum Gasteiger partial charge on any atom is -0.495 e. The van der Waals surface area contributed by atoms with Crippen molar-refractivity contribution in [3.05, 3.63) is 23.5 Å². The molecule has 2 aliphatic carbocycles. The molecule has 2 atom stereocenters. The Bertz CT molecular complexity index is 940. The number of piperidine rings is 1. The molecule has 10 heteroatoms. The average Bonchev–Trinajstić information content (AvgIpc) is 2.89. The highest BCUT2D eigenvalue weighted by molar-refractivity contribution is 6.18. The summed E-state index contributed by atoms with van der Waals surface area (Å²) in [5.41, 5.74) is -0.224. The number of amides is 5. The number of rotatable bonds is 4. The van der Waals surface area contributed by atoms with Gasteiger partial charge in [0.05, 0.1) is 11.7 Å². The predicted molar refractivity (Wildman–Crippen MR) is 110 cm³/mol. The fourth-order valence-corrected chi connectivity index (χ4v) is 4.30. The van der Waals surface area contributed by atoms with Crippen LogP contribution in [0.3, 0.4) is 0 Å². The lowest BCUT2D eigenvalue weighted by molar-refractivity contribution is -0.151. The molecule has 4 aliphatic rings. The van der Waals surface area contributed by atoms with E-state index in [-0.39, 0.29) is 31.4 Å². The van der Waals surface area contributed by atoms with Crippen LogP contribution in [0.5, 0.6) is 0 Å². The van der Waals surface area contributed by atoms with Gasteiger partial charge in [-0.15, -0.1) is 0 Å². The van der Waals surface area contributed by atoms with E-state index in [9.17, 15) is 24.0 Å². The fourth-order valence-electron chi connectivity index (χ4n) is 4.30. The van der Waals surface area contributed by atoms with E-state index >= 15 is 0 Å². The van der Waals surface area contributed by atoms with E-state index in [0.29, 0.717) is 24.2 Å². The summed E-state index contributed by atoms with van der Waals surface area (Å²) < 4.78 is 11.2. The van der Waals surface area contributed by atoms with Gasteiger partial charge in [0.15, 0.2) is 0 Å². The molecule has 4 rings (SSSR count). The Morgan fingerprint density at radius 1 is 1.16 bits per heavy atom. The number of nitrogens with one attached hydrogen (secondary N) is 2. The van der Waals surface area contributed by atoms with Gasteiger partial charge in [0, 0.05) is 37.3 Å². The lowest BCUT2D eigenvalue weighted by Crippen LogP contribution is -2.54. The van der Waals surface area contributed by atoms with E-state index in [1.807, 2.05) is 0 Å². The molecule has 32 heavy (non-hydrogen) atoms. The van der Waals surface area contributed by atoms with Crippen molar-refractivity contribution < 1.29 is 33.4 Å². The first kappa shape index (κ1) is 22.0. The van der Waals surface area contributed by atoms with E-state index in [1.54, 1.807) is 32.9 Å². The molecule has 2 unspecified atom stereocenters. The van der Waals surface area contributed by atoms with Gasteiger partial charge in [-0.25, -0.2) is 4.79 Å². The second kappa shape index (κ2) is 8.07. The van der Waals surface area contributed by atoms with Gasteiger partial charge in [-0.05, 0) is 39.3 Å². The number of imide groups is 2. The van der Waals surface area contributed by atoms with Crippen molar-refractivity contribution in [3.63, 3.8) is 0 Å². The van der Waals surface area contributed by atoms with E-state index in [4.69, 9.17) is 9.47 Å². The number of ether oxygens (including phenoxy) is 2. The second-order valence-corrected chi connectivity index (χ2v) is 9.55. The first-order valence-corrected chi connectivity index (χ1v) is 10.8. The van der Waals surface area contributed by atoms with Gasteiger partial charge in [-0.1, -0.05) is 0 Å². The average molecular weight is 445 g/mol. The topological polar surface area (TPSA) is 131 Å². The second-order valence-electron chi connectivity index (χ2n) is 9.55. The zero-order chi connectivity index (χ0) is 23.2. The summed E-state index contributed by atoms with van der Waals surface area (Å²) in [6, 6.07) is -1.00. The van der Waals surface area contributed by atoms with Crippen molar-refractivity contribution in [1.29, 1.82) is 0 Å². The largest absolute Gasteiger partial charge is 0.495 e. The Kier molecular flexibility index (Phi) is 5.56. The van der Waals surface area contributed by atoms with Crippen LogP contribution in [0, 0.1) is 5.92 Å². The molecule has 2 N–H and O–H groups in total. The van der Waals surface area contributed by atoms with E-state index in [1.165, 1.54) is 0 Å². The van der Waals surface area contributed by atoms with Crippen LogP contribution in [0.15, 0.2) is 23.5 Å². The Hall–Kier alpha value is -3.17. The maximum Gasteiger partial charge on any atom is 0.407 e. The van der Waals surface area contributed by atoms with Crippen LogP contribution in [-0.4, -0.2) is 58.4 Å². The maximum atomic E-state index is 12.9. The Morgan fingerprint density at radius 3 is 2.53 bits per heavy atom. The Morgan fingerprint density at radius 2 is 1.88 bits per heavy atom. The van der Waals surface area contributed by atoms with Crippen LogP contribution in [0.1, 0.15) is 52.9 Å². The van der Waals surface area contributed by atoms with Gasteiger partial charge in [0.25, 0.3) is 5.91 Å². The van der Waals surface area contributed by atoms with Crippen molar-refractivity contribution in [2.24, 2.45) is 5.92 Å². The molecule has 0 aromatic heterocycles. The molecule has 172 valence electrons. The summed E-state index contributed by atoms with van der Waals surface area (Å²) in [4.78, 5) is 62.1. The first-order chi connectivity index (χ1) is 15.0. The highest BCUT2D eigenvalue weighted by Crippen LogP contribution is 2.38. The van der Waals surface area contributed by atoms with Crippen molar-refractivity contribution in [1.82, 2.24) is 15.5 Å². The number of fused-ring (bicyclic) bond motifs is 1. The van der Waals surface area contributed by atoms with Gasteiger partial charge < -0.3 is 14.8 Å². The smallest absolute Gasteiger partial charge is 0.407 e. The van der Waals surface area contributed by atoms with Crippen LogP contribution in [-0.2, 0) is 28.7 Å². The quantitative estimate of drug-likeness (QED) is 0.619. The third-order valence-corrected chi connectivity index (χ3v) is 5.89. The zero-order valence-electron chi connectivity index (χ0n) is 18.3. The summed E-state index contributed by atoms with van der Waals surface area (Å²) in [5.74, 6) is -2.06. The maximum absolute atomic E-state index is 12.9. The molecule has 0 aromatic carbocycles. The number of alkyl carbamates (subject to hydrolysis) is 1. The van der Waals surface area contributed by atoms with Gasteiger partial charge >= 0.3 is 6.09 Å². The molecule has 0 bridgehead atoms. The highest BCUT2D eigenvalue weighted by Gasteiger charge is 2.50. The van der Waals surface area contributed by atoms with Crippen molar-refractivity contribution in [2.75, 3.05) is 0 Å². The Balaban J connectivity index is 1.30. The summed E-state index contributed by atoms with van der Waals surface area (Å²) in [6.07, 6.45) is 4.38. The molecule has 0 spiro atoms. The van der Waals surface area contributed by atoms with Crippen LogP contribution >= 0.6 is 0 Å². The number of hydrogen-bond acceptors (Lipinski definition) is 7. The van der Waals surface area contributed by atoms with Crippen LogP contribution in [0.2, 0.25) is 0 Å². The number of hydrogen-bond donors (Lipinski definition) is 2. The van der Waals surface area contributed by atoms with Crippen LogP contribution < -0.4 is 10.6 Å². The standard InChI is InChI=1S/C22H27N3O7/c1-22(2,3)32-21(30)23-11-8-13(9-11)31-12-4-5-14-15(10-12)20(29)25(19(14)28)16-6-7-17(26)24-18(16)27/h4-5,11,13,15-16H,6-10H2,1-3H3,(H,23,30)(H,24,26,27). The minimum atomic E-state index is -0.963. The molecule has 0 aromatic rings. The predicted octanol–water partition coefficient (Wildman–Crippen LogP) is 1.06. The lowest BCUT2D eigenvalue weighted by atomic mass is 9.88. The minimum absolute atomic E-state index is 0.0390. The van der Waals surface area contributed by atoms with E-state index in [0.717, 1.165) is 4.90 Å². The molecule has 2 heterocycles. The van der Waals surface area contributed by atoms with E-state index in [2.05, 4.69) is 10.6 Å². The molecule has 0 radical (unpaired) electrons.